The molecule has 1 radical (unpaired) electrons. The van der Waals surface area contributed by atoms with Gasteiger partial charge >= 0.3 is 0 Å². The molecule has 3 heterocycles. The van der Waals surface area contributed by atoms with Crippen LogP contribution in [0.2, 0.25) is 19.6 Å². The first kappa shape index (κ1) is 37.6. The van der Waals surface area contributed by atoms with Crippen molar-refractivity contribution < 1.29 is 33.7 Å². The van der Waals surface area contributed by atoms with Crippen molar-refractivity contribution in [2.24, 2.45) is 0 Å². The second-order valence-corrected chi connectivity index (χ2v) is 19.8. The Labute approximate surface area is 319 Å². The number of hydrogen-bond donors (Lipinski definition) is 0. The van der Waals surface area contributed by atoms with Gasteiger partial charge in [-0.15, -0.1) is 23.8 Å². The van der Waals surface area contributed by atoms with Gasteiger partial charge in [-0.2, -0.15) is 37.1 Å². The number of aromatic nitrogens is 2. The van der Waals surface area contributed by atoms with Crippen molar-refractivity contribution >= 4 is 35.2 Å². The summed E-state index contributed by atoms with van der Waals surface area (Å²) in [6.45, 7) is 24.4. The number of furan rings is 1. The van der Waals surface area contributed by atoms with E-state index in [0.717, 1.165) is 50.0 Å². The Morgan fingerprint density at radius 1 is 0.667 bits per heavy atom. The van der Waals surface area contributed by atoms with Crippen LogP contribution in [0.4, 0.5) is 0 Å². The zero-order chi connectivity index (χ0) is 35.9. The van der Waals surface area contributed by atoms with Gasteiger partial charge in [-0.3, -0.25) is 0 Å². The third-order valence-corrected chi connectivity index (χ3v) is 11.5. The molecule has 0 atom stereocenters. The predicted octanol–water partition coefficient (Wildman–Crippen LogP) is 10.8. The topological polar surface area (TPSA) is 20.9 Å². The van der Waals surface area contributed by atoms with E-state index in [4.69, 9.17) is 4.42 Å². The van der Waals surface area contributed by atoms with E-state index in [9.17, 15) is 0 Å². The summed E-state index contributed by atoms with van der Waals surface area (Å²) in [5.74, 6) is 0.514. The molecule has 0 amide bonds. The second kappa shape index (κ2) is 14.9. The Hall–Kier alpha value is -4.67. The normalized spacial score (nSPS) is 11.4. The van der Waals surface area contributed by atoms with E-state index in [2.05, 4.69) is 166 Å². The third-order valence-electron chi connectivity index (χ3n) is 9.45. The minimum absolute atomic E-state index is 0. The molecule has 3 nitrogen and oxygen atoms in total. The average molecular weight is 865 g/mol. The summed E-state index contributed by atoms with van der Waals surface area (Å²) in [5.41, 5.74) is 14.3. The SMILES string of the molecule is [CH2-]c1ccc(C)cc1-c1cc(C(C)C)c([Si](C)(C)C)c[n+]1[CH2-].[CH2-]c1ccc2c(oc3ccc(-c4ccccc4)cc32)c1-c1cc(C)cc[n+]1[CH2-].[Ir]. The maximum atomic E-state index is 6.32. The molecule has 0 saturated heterocycles. The first-order valence-corrected chi connectivity index (χ1v) is 20.8. The Balaban J connectivity index is 0.000000200. The van der Waals surface area contributed by atoms with E-state index in [1.807, 2.05) is 27.5 Å². The second-order valence-electron chi connectivity index (χ2n) is 14.8. The van der Waals surface area contributed by atoms with Crippen LogP contribution in [0.25, 0.3) is 55.6 Å². The minimum Gasteiger partial charge on any atom is -0.469 e. The van der Waals surface area contributed by atoms with Crippen molar-refractivity contribution in [1.82, 2.24) is 0 Å². The predicted molar refractivity (Wildman–Crippen MR) is 214 cm³/mol. The number of aryl methyl sites for hydroxylation is 2. The molecule has 0 spiro atoms. The van der Waals surface area contributed by atoms with Crippen molar-refractivity contribution in [3.05, 3.63) is 165 Å². The largest absolute Gasteiger partial charge is 0.469 e. The molecular weight excluding hydrogens is 817 g/mol. The van der Waals surface area contributed by atoms with Gasteiger partial charge in [-0.05, 0) is 48.2 Å². The molecule has 0 bridgehead atoms. The van der Waals surface area contributed by atoms with Gasteiger partial charge in [0.2, 0.25) is 0 Å². The van der Waals surface area contributed by atoms with Crippen molar-refractivity contribution in [1.29, 1.82) is 0 Å². The van der Waals surface area contributed by atoms with Crippen LogP contribution in [0.1, 0.15) is 47.6 Å². The van der Waals surface area contributed by atoms with E-state index in [0.29, 0.717) is 5.92 Å². The number of benzene rings is 4. The molecule has 0 saturated carbocycles. The van der Waals surface area contributed by atoms with Crippen LogP contribution in [-0.2, 0) is 20.1 Å². The van der Waals surface area contributed by atoms with Gasteiger partial charge < -0.3 is 13.6 Å². The van der Waals surface area contributed by atoms with Gasteiger partial charge in [-0.1, -0.05) is 110 Å². The molecule has 0 fully saturated rings. The molecule has 0 aliphatic carbocycles. The molecule has 0 unspecified atom stereocenters. The quantitative estimate of drug-likeness (QED) is 0.0959. The molecule has 263 valence electrons. The standard InChI is InChI=1S/C26H20NO.C20H28NSi.Ir/c1-17-13-14-27(3)23(15-17)25-18(2)9-11-21-22-16-20(19-7-5-4-6-8-19)10-12-24(22)28-26(21)25;1-14(2)17-12-19(18-11-15(3)9-10-16(18)4)21(5)13-20(17)22(6,7)8;/h4-16H,2-3H2,1H3;9-14H,4-5H2,1-3,6-8H3;/q2*-1;. The molecule has 7 rings (SSSR count). The van der Waals surface area contributed by atoms with Gasteiger partial charge in [0.25, 0.3) is 0 Å². The summed E-state index contributed by atoms with van der Waals surface area (Å²) in [4.78, 5) is 0. The fraction of sp³-hybridized carbons (Fsp3) is 0.174. The van der Waals surface area contributed by atoms with Crippen molar-refractivity contribution in [2.45, 2.75) is 53.3 Å². The smallest absolute Gasteiger partial charge is 0.133 e. The summed E-state index contributed by atoms with van der Waals surface area (Å²) in [6, 6.07) is 33.8. The number of fused-ring (bicyclic) bond motifs is 3. The van der Waals surface area contributed by atoms with Gasteiger partial charge in [-0.25, -0.2) is 0 Å². The number of rotatable bonds is 5. The van der Waals surface area contributed by atoms with Crippen LogP contribution in [0, 0.1) is 41.8 Å². The van der Waals surface area contributed by atoms with Crippen LogP contribution in [-0.4, -0.2) is 8.07 Å². The first-order chi connectivity index (χ1) is 23.7. The van der Waals surface area contributed by atoms with Gasteiger partial charge in [0.05, 0.1) is 37.4 Å². The van der Waals surface area contributed by atoms with Crippen molar-refractivity contribution in [3.63, 3.8) is 0 Å². The van der Waals surface area contributed by atoms with E-state index < -0.39 is 8.07 Å². The molecule has 51 heavy (non-hydrogen) atoms. The zero-order valence-corrected chi connectivity index (χ0v) is 34.3. The summed E-state index contributed by atoms with van der Waals surface area (Å²) in [5, 5.41) is 3.71. The summed E-state index contributed by atoms with van der Waals surface area (Å²) >= 11 is 0. The van der Waals surface area contributed by atoms with E-state index in [-0.39, 0.29) is 20.1 Å². The zero-order valence-electron chi connectivity index (χ0n) is 30.9. The number of hydrogen-bond acceptors (Lipinski definition) is 1. The van der Waals surface area contributed by atoms with E-state index in [1.165, 1.54) is 38.6 Å². The van der Waals surface area contributed by atoms with Crippen LogP contribution in [0.3, 0.4) is 0 Å². The van der Waals surface area contributed by atoms with Crippen LogP contribution < -0.4 is 14.3 Å². The van der Waals surface area contributed by atoms with E-state index >= 15 is 0 Å². The third kappa shape index (κ3) is 7.67. The van der Waals surface area contributed by atoms with Gasteiger partial charge in [0.1, 0.15) is 5.58 Å². The Kier molecular flexibility index (Phi) is 11.0. The van der Waals surface area contributed by atoms with Crippen LogP contribution >= 0.6 is 0 Å². The maximum absolute atomic E-state index is 6.32. The fourth-order valence-corrected chi connectivity index (χ4v) is 8.47. The Morgan fingerprint density at radius 3 is 2.04 bits per heavy atom. The molecule has 7 aromatic rings. The van der Waals surface area contributed by atoms with Gasteiger partial charge in [0.15, 0.2) is 0 Å². The van der Waals surface area contributed by atoms with E-state index in [1.54, 1.807) is 0 Å². The molecule has 0 aliphatic rings. The van der Waals surface area contributed by atoms with Crippen LogP contribution in [0.15, 0.2) is 114 Å². The molecule has 0 aliphatic heterocycles. The summed E-state index contributed by atoms with van der Waals surface area (Å²) in [7, 11) is 7.00. The van der Waals surface area contributed by atoms with Crippen molar-refractivity contribution in [2.75, 3.05) is 0 Å². The average Bonchev–Trinajstić information content (AvgIpc) is 3.45. The number of pyridine rings is 2. The Morgan fingerprint density at radius 2 is 1.35 bits per heavy atom. The molecule has 3 aromatic heterocycles. The van der Waals surface area contributed by atoms with Crippen molar-refractivity contribution in [3.8, 4) is 33.6 Å². The Bertz CT molecular complexity index is 2350. The minimum atomic E-state index is -1.40. The monoisotopic (exact) mass is 865 g/mol. The van der Waals surface area contributed by atoms with Crippen LogP contribution in [0.5, 0.6) is 0 Å². The fourth-order valence-electron chi connectivity index (χ4n) is 6.70. The maximum Gasteiger partial charge on any atom is 0.133 e. The molecular formula is C46H48IrN2OSi-2. The molecule has 0 N–H and O–H groups in total. The first-order valence-electron chi connectivity index (χ1n) is 17.3. The number of nitrogens with zero attached hydrogens (tertiary/aromatic N) is 2. The summed E-state index contributed by atoms with van der Waals surface area (Å²) < 4.78 is 10.2. The van der Waals surface area contributed by atoms with Gasteiger partial charge in [0, 0.05) is 45.0 Å². The molecule has 5 heteroatoms. The molecule has 4 aromatic carbocycles. The summed E-state index contributed by atoms with van der Waals surface area (Å²) in [6.07, 6.45) is 4.22.